The van der Waals surface area contributed by atoms with Gasteiger partial charge in [-0.2, -0.15) is 0 Å². The summed E-state index contributed by atoms with van der Waals surface area (Å²) in [7, 11) is 0. The van der Waals surface area contributed by atoms with E-state index in [1.165, 1.54) is 25.7 Å². The lowest BCUT2D eigenvalue weighted by atomic mass is 9.38. The molecule has 2 aliphatic carbocycles. The van der Waals surface area contributed by atoms with Gasteiger partial charge in [-0.3, -0.25) is 0 Å². The van der Waals surface area contributed by atoms with Crippen LogP contribution in [-0.2, 0) is 9.47 Å². The van der Waals surface area contributed by atoms with E-state index in [9.17, 15) is 0 Å². The van der Waals surface area contributed by atoms with Crippen molar-refractivity contribution in [1.29, 1.82) is 0 Å². The molecule has 0 spiro atoms. The van der Waals surface area contributed by atoms with Gasteiger partial charge in [0.1, 0.15) is 0 Å². The molecule has 3 aliphatic rings. The molecule has 0 radical (unpaired) electrons. The van der Waals surface area contributed by atoms with Crippen LogP contribution in [0.3, 0.4) is 0 Å². The highest BCUT2D eigenvalue weighted by molar-refractivity contribution is 6.21. The van der Waals surface area contributed by atoms with Gasteiger partial charge in [0.25, 0.3) is 0 Å². The monoisotopic (exact) mass is 250 g/mol. The molecule has 1 aliphatic heterocycles. The predicted molar refractivity (Wildman–Crippen MR) is 59.4 cm³/mol. The Kier molecular flexibility index (Phi) is 2.31. The molecule has 0 aromatic heterocycles. The van der Waals surface area contributed by atoms with Crippen molar-refractivity contribution in [3.05, 3.63) is 0 Å². The fraction of sp³-hybridized carbons (Fsp3) is 1.00. The van der Waals surface area contributed by atoms with Gasteiger partial charge in [0.2, 0.25) is 0 Å². The van der Waals surface area contributed by atoms with Gasteiger partial charge in [-0.25, -0.2) is 0 Å². The zero-order valence-electron chi connectivity index (χ0n) is 8.73. The topological polar surface area (TPSA) is 18.5 Å². The Morgan fingerprint density at radius 2 is 1.20 bits per heavy atom. The Morgan fingerprint density at radius 1 is 0.800 bits per heavy atom. The number of halogens is 2. The fourth-order valence-electron chi connectivity index (χ4n) is 3.28. The van der Waals surface area contributed by atoms with Crippen molar-refractivity contribution < 1.29 is 9.47 Å². The smallest absolute Gasteiger partial charge is 0.195 e. The molecule has 1 saturated heterocycles. The van der Waals surface area contributed by atoms with Crippen LogP contribution >= 0.6 is 23.2 Å². The van der Waals surface area contributed by atoms with E-state index in [0.717, 1.165) is 13.2 Å². The Labute approximate surface area is 100 Å². The second kappa shape index (κ2) is 3.25. The van der Waals surface area contributed by atoms with E-state index in [2.05, 4.69) is 0 Å². The SMILES string of the molecule is ClCC1(CCl)OCC23CCC2(CC3)CO1. The summed E-state index contributed by atoms with van der Waals surface area (Å²) >= 11 is 11.8. The van der Waals surface area contributed by atoms with Crippen LogP contribution < -0.4 is 0 Å². The van der Waals surface area contributed by atoms with E-state index in [1.54, 1.807) is 0 Å². The van der Waals surface area contributed by atoms with Crippen LogP contribution in [0.2, 0.25) is 0 Å². The second-order valence-electron chi connectivity index (χ2n) is 5.32. The van der Waals surface area contributed by atoms with Gasteiger partial charge in [0.05, 0.1) is 25.0 Å². The first-order valence-electron chi connectivity index (χ1n) is 5.60. The molecular weight excluding hydrogens is 235 g/mol. The van der Waals surface area contributed by atoms with E-state index in [0.29, 0.717) is 22.6 Å². The van der Waals surface area contributed by atoms with Crippen LogP contribution in [0.15, 0.2) is 0 Å². The first-order chi connectivity index (χ1) is 7.20. The minimum Gasteiger partial charge on any atom is -0.347 e. The molecular formula is C11H16Cl2O2. The molecule has 2 nitrogen and oxygen atoms in total. The number of alkyl halides is 2. The lowest BCUT2D eigenvalue weighted by Gasteiger charge is -2.67. The number of rotatable bonds is 2. The van der Waals surface area contributed by atoms with Crippen LogP contribution in [0.4, 0.5) is 0 Å². The number of hydrogen-bond donors (Lipinski definition) is 0. The Bertz CT molecular complexity index is 244. The fourth-order valence-corrected chi connectivity index (χ4v) is 3.87. The van der Waals surface area contributed by atoms with E-state index >= 15 is 0 Å². The summed E-state index contributed by atoms with van der Waals surface area (Å²) in [5, 5.41) is 0. The van der Waals surface area contributed by atoms with Gasteiger partial charge in [0, 0.05) is 10.8 Å². The van der Waals surface area contributed by atoms with Gasteiger partial charge in [-0.1, -0.05) is 0 Å². The van der Waals surface area contributed by atoms with Crippen LogP contribution in [0.5, 0.6) is 0 Å². The van der Waals surface area contributed by atoms with Crippen LogP contribution in [-0.4, -0.2) is 30.8 Å². The molecule has 86 valence electrons. The summed E-state index contributed by atoms with van der Waals surface area (Å²) < 4.78 is 11.7. The third kappa shape index (κ3) is 1.20. The highest BCUT2D eigenvalue weighted by Gasteiger charge is 2.67. The first-order valence-corrected chi connectivity index (χ1v) is 6.67. The summed E-state index contributed by atoms with van der Waals surface area (Å²) in [5.41, 5.74) is 0.819. The third-order valence-electron chi connectivity index (χ3n) is 4.92. The van der Waals surface area contributed by atoms with Crippen LogP contribution in [0.25, 0.3) is 0 Å². The van der Waals surface area contributed by atoms with Gasteiger partial charge in [-0.05, 0) is 25.7 Å². The molecule has 0 aromatic carbocycles. The summed E-state index contributed by atoms with van der Waals surface area (Å²) in [6.07, 6.45) is 5.15. The van der Waals surface area contributed by atoms with Crippen molar-refractivity contribution in [1.82, 2.24) is 0 Å². The molecule has 0 unspecified atom stereocenters. The summed E-state index contributed by atoms with van der Waals surface area (Å²) in [4.78, 5) is 0. The highest BCUT2D eigenvalue weighted by Crippen LogP contribution is 2.71. The summed E-state index contributed by atoms with van der Waals surface area (Å²) in [6.45, 7) is 1.57. The van der Waals surface area contributed by atoms with Crippen molar-refractivity contribution in [2.45, 2.75) is 31.5 Å². The lowest BCUT2D eigenvalue weighted by molar-refractivity contribution is -0.199. The molecule has 0 amide bonds. The molecule has 15 heavy (non-hydrogen) atoms. The molecule has 0 atom stereocenters. The normalized spacial score (nSPS) is 46.8. The van der Waals surface area contributed by atoms with Gasteiger partial charge >= 0.3 is 0 Å². The third-order valence-corrected chi connectivity index (χ3v) is 5.73. The number of hydrogen-bond acceptors (Lipinski definition) is 2. The largest absolute Gasteiger partial charge is 0.347 e. The molecule has 0 aromatic rings. The molecule has 4 heteroatoms. The van der Waals surface area contributed by atoms with E-state index in [4.69, 9.17) is 32.7 Å². The number of ether oxygens (including phenoxy) is 2. The van der Waals surface area contributed by atoms with Gasteiger partial charge in [-0.15, -0.1) is 23.2 Å². The van der Waals surface area contributed by atoms with Crippen molar-refractivity contribution in [3.8, 4) is 0 Å². The lowest BCUT2D eigenvalue weighted by Crippen LogP contribution is -2.62. The Hall–Kier alpha value is 0.500. The second-order valence-corrected chi connectivity index (χ2v) is 5.85. The summed E-state index contributed by atoms with van der Waals surface area (Å²) in [5.74, 6) is -0.0872. The van der Waals surface area contributed by atoms with Crippen molar-refractivity contribution in [3.63, 3.8) is 0 Å². The molecule has 0 N–H and O–H groups in total. The zero-order chi connectivity index (χ0) is 10.6. The van der Waals surface area contributed by atoms with E-state index < -0.39 is 5.79 Å². The maximum Gasteiger partial charge on any atom is 0.195 e. The van der Waals surface area contributed by atoms with E-state index in [-0.39, 0.29) is 0 Å². The minimum atomic E-state index is -0.731. The predicted octanol–water partition coefficient (Wildman–Crippen LogP) is 2.77. The molecule has 1 heterocycles. The van der Waals surface area contributed by atoms with Crippen molar-refractivity contribution >= 4 is 23.2 Å². The van der Waals surface area contributed by atoms with Crippen LogP contribution in [0.1, 0.15) is 25.7 Å². The van der Waals surface area contributed by atoms with Crippen LogP contribution in [0, 0.1) is 10.8 Å². The minimum absolute atomic E-state index is 0.322. The van der Waals surface area contributed by atoms with Crippen molar-refractivity contribution in [2.24, 2.45) is 10.8 Å². The molecule has 0 bridgehead atoms. The molecule has 2 saturated carbocycles. The first kappa shape index (κ1) is 10.6. The standard InChI is InChI=1S/C11H16Cl2O2/c12-5-11(6-13)14-7-9-1-2-10(9,4-3-9)8-15-11/h1-8H2. The maximum absolute atomic E-state index is 5.90. The Balaban J connectivity index is 1.81. The van der Waals surface area contributed by atoms with Crippen molar-refractivity contribution in [2.75, 3.05) is 25.0 Å². The summed E-state index contributed by atoms with van der Waals surface area (Å²) in [6, 6.07) is 0. The Morgan fingerprint density at radius 3 is 1.47 bits per heavy atom. The molecule has 3 rings (SSSR count). The zero-order valence-corrected chi connectivity index (χ0v) is 10.2. The van der Waals surface area contributed by atoms with Gasteiger partial charge in [0.15, 0.2) is 5.79 Å². The van der Waals surface area contributed by atoms with E-state index in [1.807, 2.05) is 0 Å². The highest BCUT2D eigenvalue weighted by atomic mass is 35.5. The maximum atomic E-state index is 5.90. The van der Waals surface area contributed by atoms with Gasteiger partial charge < -0.3 is 9.47 Å². The quantitative estimate of drug-likeness (QED) is 0.702. The average Bonchev–Trinajstić information content (AvgIpc) is 2.35. The average molecular weight is 251 g/mol. The molecule has 3 fully saturated rings.